The summed E-state index contributed by atoms with van der Waals surface area (Å²) >= 11 is 0. The van der Waals surface area contributed by atoms with Gasteiger partial charge in [0.25, 0.3) is 0 Å². The lowest BCUT2D eigenvalue weighted by molar-refractivity contribution is 0.297. The quantitative estimate of drug-likeness (QED) is 0.628. The van der Waals surface area contributed by atoms with Crippen LogP contribution in [0.4, 0.5) is 11.4 Å². The fourth-order valence-corrected chi connectivity index (χ4v) is 3.44. The highest BCUT2D eigenvalue weighted by Crippen LogP contribution is 2.36. The summed E-state index contributed by atoms with van der Waals surface area (Å²) in [6.45, 7) is 9.05. The first-order valence-electron chi connectivity index (χ1n) is 9.19. The van der Waals surface area contributed by atoms with Crippen LogP contribution in [0.2, 0.25) is 0 Å². The van der Waals surface area contributed by atoms with E-state index >= 15 is 0 Å². The van der Waals surface area contributed by atoms with Crippen molar-refractivity contribution in [1.29, 1.82) is 0 Å². The molecule has 0 amide bonds. The summed E-state index contributed by atoms with van der Waals surface area (Å²) in [5.74, 6) is 0. The Balaban J connectivity index is 1.77. The monoisotopic (exact) mass is 320 g/mol. The number of nitrogens with zero attached hydrogens (tertiary/aromatic N) is 2. The van der Waals surface area contributed by atoms with Crippen LogP contribution in [-0.4, -0.2) is 31.1 Å². The van der Waals surface area contributed by atoms with Gasteiger partial charge in [0.2, 0.25) is 0 Å². The SMILES string of the molecule is CCN(CC)CCCCN1c2ccccc2C=Cc2ccccc21. The van der Waals surface area contributed by atoms with Gasteiger partial charge in [-0.2, -0.15) is 0 Å². The first-order valence-corrected chi connectivity index (χ1v) is 9.19. The lowest BCUT2D eigenvalue weighted by atomic mass is 10.1. The normalized spacial score (nSPS) is 12.9. The first kappa shape index (κ1) is 16.8. The van der Waals surface area contributed by atoms with Gasteiger partial charge in [-0.05, 0) is 55.7 Å². The molecule has 1 aliphatic rings. The van der Waals surface area contributed by atoms with Crippen molar-refractivity contribution in [1.82, 2.24) is 4.90 Å². The molecule has 2 heteroatoms. The molecule has 3 rings (SSSR count). The third kappa shape index (κ3) is 3.70. The standard InChI is InChI=1S/C22H28N2/c1-3-23(4-2)17-9-10-18-24-21-13-7-5-11-19(21)15-16-20-12-6-8-14-22(20)24/h5-8,11-16H,3-4,9-10,17-18H2,1-2H3. The molecule has 0 bridgehead atoms. The summed E-state index contributed by atoms with van der Waals surface area (Å²) in [6, 6.07) is 17.4. The van der Waals surface area contributed by atoms with Crippen LogP contribution in [0.25, 0.3) is 12.2 Å². The Kier molecular flexibility index (Phi) is 5.71. The Morgan fingerprint density at radius 1 is 0.750 bits per heavy atom. The van der Waals surface area contributed by atoms with Crippen LogP contribution in [0.3, 0.4) is 0 Å². The van der Waals surface area contributed by atoms with Gasteiger partial charge in [0.05, 0.1) is 0 Å². The molecule has 0 saturated heterocycles. The van der Waals surface area contributed by atoms with Gasteiger partial charge in [-0.25, -0.2) is 0 Å². The van der Waals surface area contributed by atoms with Crippen molar-refractivity contribution in [3.63, 3.8) is 0 Å². The van der Waals surface area contributed by atoms with Crippen molar-refractivity contribution in [2.24, 2.45) is 0 Å². The maximum atomic E-state index is 2.51. The number of fused-ring (bicyclic) bond motifs is 2. The number of rotatable bonds is 7. The van der Waals surface area contributed by atoms with Gasteiger partial charge in [0.15, 0.2) is 0 Å². The van der Waals surface area contributed by atoms with E-state index in [0.29, 0.717) is 0 Å². The number of para-hydroxylation sites is 2. The Morgan fingerprint density at radius 3 is 1.83 bits per heavy atom. The highest BCUT2D eigenvalue weighted by Gasteiger charge is 2.16. The van der Waals surface area contributed by atoms with Gasteiger partial charge in [-0.3, -0.25) is 0 Å². The topological polar surface area (TPSA) is 6.48 Å². The zero-order valence-electron chi connectivity index (χ0n) is 14.9. The van der Waals surface area contributed by atoms with Crippen molar-refractivity contribution < 1.29 is 0 Å². The second kappa shape index (κ2) is 8.16. The highest BCUT2D eigenvalue weighted by atomic mass is 15.1. The molecule has 0 N–H and O–H groups in total. The van der Waals surface area contributed by atoms with E-state index in [-0.39, 0.29) is 0 Å². The Labute approximate surface area is 146 Å². The van der Waals surface area contributed by atoms with Crippen LogP contribution >= 0.6 is 0 Å². The van der Waals surface area contributed by atoms with Crippen LogP contribution < -0.4 is 4.90 Å². The van der Waals surface area contributed by atoms with Crippen LogP contribution in [-0.2, 0) is 0 Å². The minimum Gasteiger partial charge on any atom is -0.341 e. The third-order valence-electron chi connectivity index (χ3n) is 4.90. The van der Waals surface area contributed by atoms with E-state index in [4.69, 9.17) is 0 Å². The lowest BCUT2D eigenvalue weighted by Crippen LogP contribution is -2.25. The Morgan fingerprint density at radius 2 is 1.29 bits per heavy atom. The molecule has 0 spiro atoms. The van der Waals surface area contributed by atoms with E-state index in [1.54, 1.807) is 0 Å². The van der Waals surface area contributed by atoms with Gasteiger partial charge in [-0.15, -0.1) is 0 Å². The molecule has 0 fully saturated rings. The van der Waals surface area contributed by atoms with Crippen molar-refractivity contribution in [3.05, 3.63) is 59.7 Å². The smallest absolute Gasteiger partial charge is 0.0484 e. The first-order chi connectivity index (χ1) is 11.8. The zero-order chi connectivity index (χ0) is 16.8. The Hall–Kier alpha value is -2.06. The molecule has 1 aliphatic heterocycles. The highest BCUT2D eigenvalue weighted by molar-refractivity contribution is 5.88. The van der Waals surface area contributed by atoms with E-state index in [2.05, 4.69) is 84.3 Å². The van der Waals surface area contributed by atoms with Crippen LogP contribution in [0.5, 0.6) is 0 Å². The van der Waals surface area contributed by atoms with E-state index < -0.39 is 0 Å². The predicted molar refractivity (Wildman–Crippen MR) is 106 cm³/mol. The molecular formula is C22H28N2. The summed E-state index contributed by atoms with van der Waals surface area (Å²) in [6.07, 6.45) is 6.93. The minimum absolute atomic E-state index is 1.07. The molecule has 1 heterocycles. The number of unbranched alkanes of at least 4 members (excludes halogenated alkanes) is 1. The van der Waals surface area contributed by atoms with E-state index in [1.807, 2.05) is 0 Å². The summed E-state index contributed by atoms with van der Waals surface area (Å²) in [4.78, 5) is 5.00. The van der Waals surface area contributed by atoms with Crippen LogP contribution in [0.15, 0.2) is 48.5 Å². The second-order valence-electron chi connectivity index (χ2n) is 6.34. The average Bonchev–Trinajstić information content (AvgIpc) is 2.79. The number of hydrogen-bond donors (Lipinski definition) is 0. The molecule has 2 aromatic rings. The molecule has 24 heavy (non-hydrogen) atoms. The van der Waals surface area contributed by atoms with Gasteiger partial charge >= 0.3 is 0 Å². The maximum Gasteiger partial charge on any atom is 0.0484 e. The van der Waals surface area contributed by atoms with Crippen molar-refractivity contribution in [3.8, 4) is 0 Å². The molecule has 2 aromatic carbocycles. The zero-order valence-corrected chi connectivity index (χ0v) is 14.9. The molecule has 0 saturated carbocycles. The molecule has 0 atom stereocenters. The number of anilines is 2. The van der Waals surface area contributed by atoms with E-state index in [1.165, 1.54) is 41.9 Å². The van der Waals surface area contributed by atoms with Crippen molar-refractivity contribution >= 4 is 23.5 Å². The molecule has 0 aromatic heterocycles. The van der Waals surface area contributed by atoms with Gasteiger partial charge in [0.1, 0.15) is 0 Å². The summed E-state index contributed by atoms with van der Waals surface area (Å²) < 4.78 is 0. The fraction of sp³-hybridized carbons (Fsp3) is 0.364. The summed E-state index contributed by atoms with van der Waals surface area (Å²) in [5, 5.41) is 0. The summed E-state index contributed by atoms with van der Waals surface area (Å²) in [7, 11) is 0. The van der Waals surface area contributed by atoms with E-state index in [0.717, 1.165) is 19.6 Å². The maximum absolute atomic E-state index is 2.51. The molecule has 2 nitrogen and oxygen atoms in total. The van der Waals surface area contributed by atoms with Crippen molar-refractivity contribution in [2.45, 2.75) is 26.7 Å². The number of hydrogen-bond acceptors (Lipinski definition) is 2. The number of benzene rings is 2. The van der Waals surface area contributed by atoms with Crippen LogP contribution in [0.1, 0.15) is 37.8 Å². The predicted octanol–water partition coefficient (Wildman–Crippen LogP) is 5.43. The fourth-order valence-electron chi connectivity index (χ4n) is 3.44. The molecule has 0 aliphatic carbocycles. The lowest BCUT2D eigenvalue weighted by Gasteiger charge is -2.27. The molecular weight excluding hydrogens is 292 g/mol. The van der Waals surface area contributed by atoms with E-state index in [9.17, 15) is 0 Å². The van der Waals surface area contributed by atoms with Gasteiger partial charge < -0.3 is 9.80 Å². The second-order valence-corrected chi connectivity index (χ2v) is 6.34. The molecule has 126 valence electrons. The van der Waals surface area contributed by atoms with Gasteiger partial charge in [-0.1, -0.05) is 62.4 Å². The van der Waals surface area contributed by atoms with Crippen LogP contribution in [0, 0.1) is 0 Å². The minimum atomic E-state index is 1.07. The third-order valence-corrected chi connectivity index (χ3v) is 4.90. The Bertz CT molecular complexity index is 636. The van der Waals surface area contributed by atoms with Crippen molar-refractivity contribution in [2.75, 3.05) is 31.1 Å². The summed E-state index contributed by atoms with van der Waals surface area (Å²) in [5.41, 5.74) is 5.25. The largest absolute Gasteiger partial charge is 0.341 e. The molecule has 0 unspecified atom stereocenters. The van der Waals surface area contributed by atoms with Gasteiger partial charge in [0, 0.05) is 17.9 Å². The molecule has 0 radical (unpaired) electrons. The average molecular weight is 320 g/mol.